The second-order valence-corrected chi connectivity index (χ2v) is 9.22. The van der Waals surface area contributed by atoms with Crippen LogP contribution in [0.1, 0.15) is 19.3 Å². The van der Waals surface area contributed by atoms with Gasteiger partial charge in [-0.15, -0.1) is 0 Å². The fourth-order valence-corrected chi connectivity index (χ4v) is 6.09. The molecule has 2 N–H and O–H groups in total. The number of hydrogen-bond donors (Lipinski definition) is 2. The molecule has 0 aromatic carbocycles. The maximum Gasteiger partial charge on any atom is 0.212 e. The van der Waals surface area contributed by atoms with E-state index in [2.05, 4.69) is 10.0 Å². The van der Waals surface area contributed by atoms with Crippen molar-refractivity contribution in [3.8, 4) is 0 Å². The molecule has 6 nitrogen and oxygen atoms in total. The molecule has 1 atom stereocenters. The monoisotopic (exact) mass is 296 g/mol. The van der Waals surface area contributed by atoms with Crippen LogP contribution in [0.15, 0.2) is 0 Å². The van der Waals surface area contributed by atoms with E-state index in [1.807, 2.05) is 0 Å². The largest absolute Gasteiger partial charge is 0.317 e. The molecule has 2 fully saturated rings. The van der Waals surface area contributed by atoms with Gasteiger partial charge in [-0.1, -0.05) is 0 Å². The third-order valence-corrected chi connectivity index (χ3v) is 6.86. The summed E-state index contributed by atoms with van der Waals surface area (Å²) in [5.41, 5.74) is 0. The van der Waals surface area contributed by atoms with Crippen LogP contribution in [-0.2, 0) is 19.9 Å². The maximum atomic E-state index is 11.9. The van der Waals surface area contributed by atoms with Gasteiger partial charge in [0.2, 0.25) is 10.0 Å². The number of sulfone groups is 1. The van der Waals surface area contributed by atoms with Crippen LogP contribution >= 0.6 is 0 Å². The van der Waals surface area contributed by atoms with Crippen LogP contribution in [0.5, 0.6) is 0 Å². The lowest BCUT2D eigenvalue weighted by molar-refractivity contribution is 0.399. The van der Waals surface area contributed by atoms with Crippen molar-refractivity contribution in [1.29, 1.82) is 0 Å². The van der Waals surface area contributed by atoms with Crippen molar-refractivity contribution in [2.45, 2.75) is 25.3 Å². The molecule has 106 valence electrons. The molecule has 18 heavy (non-hydrogen) atoms. The highest BCUT2D eigenvalue weighted by atomic mass is 32.2. The first-order valence-electron chi connectivity index (χ1n) is 6.27. The van der Waals surface area contributed by atoms with Crippen molar-refractivity contribution in [2.75, 3.05) is 30.3 Å². The van der Waals surface area contributed by atoms with Gasteiger partial charge in [0.1, 0.15) is 0 Å². The molecule has 0 saturated carbocycles. The van der Waals surface area contributed by atoms with Crippen LogP contribution < -0.4 is 10.0 Å². The third kappa shape index (κ3) is 4.18. The molecule has 2 aliphatic heterocycles. The lowest BCUT2D eigenvalue weighted by Gasteiger charge is -2.23. The topological polar surface area (TPSA) is 92.3 Å². The van der Waals surface area contributed by atoms with E-state index in [4.69, 9.17) is 0 Å². The first-order valence-corrected chi connectivity index (χ1v) is 9.75. The highest BCUT2D eigenvalue weighted by Crippen LogP contribution is 2.16. The van der Waals surface area contributed by atoms with E-state index in [0.717, 1.165) is 25.9 Å². The SMILES string of the molecule is O=S1(=O)CCC(NS(=O)(=O)CC2CCNCC2)C1. The summed E-state index contributed by atoms with van der Waals surface area (Å²) < 4.78 is 49.0. The summed E-state index contributed by atoms with van der Waals surface area (Å²) in [5, 5.41) is 3.19. The van der Waals surface area contributed by atoms with Gasteiger partial charge in [0.15, 0.2) is 9.84 Å². The first kappa shape index (κ1) is 14.2. The van der Waals surface area contributed by atoms with Crippen LogP contribution in [0, 0.1) is 5.92 Å². The summed E-state index contributed by atoms with van der Waals surface area (Å²) in [4.78, 5) is 0. The van der Waals surface area contributed by atoms with Crippen molar-refractivity contribution in [3.63, 3.8) is 0 Å². The lowest BCUT2D eigenvalue weighted by atomic mass is 10.0. The minimum absolute atomic E-state index is 0.0571. The van der Waals surface area contributed by atoms with Gasteiger partial charge >= 0.3 is 0 Å². The van der Waals surface area contributed by atoms with Crippen molar-refractivity contribution in [2.24, 2.45) is 5.92 Å². The van der Waals surface area contributed by atoms with Crippen LogP contribution in [0.25, 0.3) is 0 Å². The second kappa shape index (κ2) is 5.44. The van der Waals surface area contributed by atoms with Crippen molar-refractivity contribution < 1.29 is 16.8 Å². The zero-order chi connectivity index (χ0) is 13.2. The quantitative estimate of drug-likeness (QED) is 0.701. The fraction of sp³-hybridized carbons (Fsp3) is 1.00. The predicted octanol–water partition coefficient (Wildman–Crippen LogP) is -0.907. The Hall–Kier alpha value is -0.180. The van der Waals surface area contributed by atoms with Crippen LogP contribution in [-0.4, -0.2) is 53.2 Å². The molecule has 0 aromatic heterocycles. The van der Waals surface area contributed by atoms with E-state index in [0.29, 0.717) is 6.42 Å². The molecule has 0 amide bonds. The Morgan fingerprint density at radius 1 is 1.17 bits per heavy atom. The van der Waals surface area contributed by atoms with Gasteiger partial charge in [0, 0.05) is 6.04 Å². The highest BCUT2D eigenvalue weighted by Gasteiger charge is 2.31. The van der Waals surface area contributed by atoms with Gasteiger partial charge < -0.3 is 5.32 Å². The number of piperidine rings is 1. The van der Waals surface area contributed by atoms with E-state index >= 15 is 0 Å². The third-order valence-electron chi connectivity index (χ3n) is 3.49. The van der Waals surface area contributed by atoms with Gasteiger partial charge in [-0.2, -0.15) is 0 Å². The van der Waals surface area contributed by atoms with Gasteiger partial charge in [0.25, 0.3) is 0 Å². The van der Waals surface area contributed by atoms with E-state index in [-0.39, 0.29) is 23.2 Å². The van der Waals surface area contributed by atoms with Gasteiger partial charge in [-0.3, -0.25) is 0 Å². The van der Waals surface area contributed by atoms with E-state index in [1.54, 1.807) is 0 Å². The summed E-state index contributed by atoms with van der Waals surface area (Å²) in [7, 11) is -6.39. The summed E-state index contributed by atoms with van der Waals surface area (Å²) in [6, 6.07) is -0.429. The lowest BCUT2D eigenvalue weighted by Crippen LogP contribution is -2.40. The molecule has 0 radical (unpaired) electrons. The molecule has 2 aliphatic rings. The van der Waals surface area contributed by atoms with Gasteiger partial charge in [0.05, 0.1) is 17.3 Å². The number of nitrogens with one attached hydrogen (secondary N) is 2. The molecule has 2 heterocycles. The Morgan fingerprint density at radius 2 is 1.83 bits per heavy atom. The van der Waals surface area contributed by atoms with Crippen LogP contribution in [0.2, 0.25) is 0 Å². The van der Waals surface area contributed by atoms with Gasteiger partial charge in [-0.05, 0) is 38.3 Å². The van der Waals surface area contributed by atoms with Crippen LogP contribution in [0.4, 0.5) is 0 Å². The molecule has 2 saturated heterocycles. The van der Waals surface area contributed by atoms with E-state index < -0.39 is 25.9 Å². The predicted molar refractivity (Wildman–Crippen MR) is 69.6 cm³/mol. The molecular formula is C10H20N2O4S2. The van der Waals surface area contributed by atoms with E-state index in [1.165, 1.54) is 0 Å². The molecule has 8 heteroatoms. The Morgan fingerprint density at radius 3 is 2.39 bits per heavy atom. The Bertz CT molecular complexity index is 480. The molecule has 0 spiro atoms. The minimum atomic E-state index is -3.36. The molecule has 1 unspecified atom stereocenters. The Labute approximate surface area is 108 Å². The van der Waals surface area contributed by atoms with Crippen molar-refractivity contribution in [3.05, 3.63) is 0 Å². The highest BCUT2D eigenvalue weighted by molar-refractivity contribution is 7.92. The fourth-order valence-electron chi connectivity index (χ4n) is 2.55. The molecular weight excluding hydrogens is 276 g/mol. The van der Waals surface area contributed by atoms with E-state index in [9.17, 15) is 16.8 Å². The smallest absolute Gasteiger partial charge is 0.212 e. The molecule has 0 aliphatic carbocycles. The average molecular weight is 296 g/mol. The van der Waals surface area contributed by atoms with Crippen molar-refractivity contribution >= 4 is 19.9 Å². The second-order valence-electron chi connectivity index (χ2n) is 5.19. The molecule has 2 rings (SSSR count). The molecule has 0 aromatic rings. The number of hydrogen-bond acceptors (Lipinski definition) is 5. The number of sulfonamides is 1. The van der Waals surface area contributed by atoms with Crippen molar-refractivity contribution in [1.82, 2.24) is 10.0 Å². The standard InChI is InChI=1S/C10H20N2O4S2/c13-17(14)6-3-10(8-17)12-18(15,16)7-9-1-4-11-5-2-9/h9-12H,1-8H2. The Kier molecular flexibility index (Phi) is 4.30. The summed E-state index contributed by atoms with van der Waals surface area (Å²) in [6.45, 7) is 1.72. The summed E-state index contributed by atoms with van der Waals surface area (Å²) in [5.74, 6) is 0.332. The minimum Gasteiger partial charge on any atom is -0.317 e. The normalized spacial score (nSPS) is 29.4. The summed E-state index contributed by atoms with van der Waals surface area (Å²) >= 11 is 0. The Balaban J connectivity index is 1.87. The summed E-state index contributed by atoms with van der Waals surface area (Å²) in [6.07, 6.45) is 2.13. The van der Waals surface area contributed by atoms with Crippen LogP contribution in [0.3, 0.4) is 0 Å². The first-order chi connectivity index (χ1) is 8.36. The average Bonchev–Trinajstić information content (AvgIpc) is 2.57. The molecule has 0 bridgehead atoms. The zero-order valence-corrected chi connectivity index (χ0v) is 11.9. The number of rotatable bonds is 4. The zero-order valence-electron chi connectivity index (χ0n) is 10.3. The maximum absolute atomic E-state index is 11.9. The van der Waals surface area contributed by atoms with Gasteiger partial charge in [-0.25, -0.2) is 21.6 Å².